The summed E-state index contributed by atoms with van der Waals surface area (Å²) >= 11 is 0. The van der Waals surface area contributed by atoms with E-state index in [4.69, 9.17) is 15.6 Å². The van der Waals surface area contributed by atoms with E-state index in [9.17, 15) is 35.9 Å². The van der Waals surface area contributed by atoms with Gasteiger partial charge in [0.1, 0.15) is 12.4 Å². The van der Waals surface area contributed by atoms with E-state index >= 15 is 0 Å². The average molecular weight is 373 g/mol. The van der Waals surface area contributed by atoms with E-state index in [0.29, 0.717) is 12.1 Å². The van der Waals surface area contributed by atoms with Gasteiger partial charge in [-0.15, -0.1) is 0 Å². The van der Waals surface area contributed by atoms with Crippen molar-refractivity contribution in [3.8, 4) is 5.75 Å². The molecule has 3 N–H and O–H groups in total. The molecule has 140 valence electrons. The molecule has 0 amide bonds. The third-order valence-corrected chi connectivity index (χ3v) is 3.03. The molecule has 0 aliphatic carbocycles. The molecule has 0 radical (unpaired) electrons. The topological polar surface area (TPSA) is 89.6 Å². The van der Waals surface area contributed by atoms with Crippen molar-refractivity contribution in [1.82, 2.24) is 0 Å². The zero-order valence-corrected chi connectivity index (χ0v) is 12.4. The summed E-state index contributed by atoms with van der Waals surface area (Å²) in [5, 5.41) is 8.45. The summed E-state index contributed by atoms with van der Waals surface area (Å²) in [5.74, 6) is -2.87. The standard InChI is InChI=1S/C14H13F6NO4/c15-13(16,17)7-3-8(14(18,19)20)5-9(4-7)25-6-11(22)10(21)1-2-12(23)24/h3-5,10H,1-2,6,21H2,(H,23,24)/t10-/m0/s1. The number of rotatable bonds is 7. The van der Waals surface area contributed by atoms with Gasteiger partial charge in [-0.2, -0.15) is 26.3 Å². The number of ketones is 1. The van der Waals surface area contributed by atoms with Gasteiger partial charge in [0.05, 0.1) is 17.2 Å². The summed E-state index contributed by atoms with van der Waals surface area (Å²) in [6, 6.07) is -0.687. The van der Waals surface area contributed by atoms with Crippen molar-refractivity contribution < 1.29 is 45.8 Å². The van der Waals surface area contributed by atoms with Crippen molar-refractivity contribution in [2.45, 2.75) is 31.2 Å². The first-order chi connectivity index (χ1) is 11.3. The predicted octanol–water partition coefficient (Wildman–Crippen LogP) is 2.86. The monoisotopic (exact) mass is 373 g/mol. The van der Waals surface area contributed by atoms with Gasteiger partial charge in [0.25, 0.3) is 0 Å². The number of nitrogens with two attached hydrogens (primary N) is 1. The Balaban J connectivity index is 2.91. The number of hydrogen-bond donors (Lipinski definition) is 2. The maximum Gasteiger partial charge on any atom is 0.416 e. The van der Waals surface area contributed by atoms with Crippen LogP contribution in [0.3, 0.4) is 0 Å². The lowest BCUT2D eigenvalue weighted by Gasteiger charge is -2.15. The number of aliphatic carboxylic acids is 1. The fourth-order valence-corrected chi connectivity index (χ4v) is 1.71. The molecule has 0 bridgehead atoms. The molecule has 1 rings (SSSR count). The Bertz CT molecular complexity index is 609. The highest BCUT2D eigenvalue weighted by Gasteiger charge is 2.37. The molecule has 0 fully saturated rings. The molecule has 0 aliphatic rings. The van der Waals surface area contributed by atoms with E-state index in [0.717, 1.165) is 0 Å². The maximum absolute atomic E-state index is 12.7. The Morgan fingerprint density at radius 1 is 1.04 bits per heavy atom. The van der Waals surface area contributed by atoms with E-state index in [1.54, 1.807) is 0 Å². The first-order valence-corrected chi connectivity index (χ1v) is 6.73. The minimum atomic E-state index is -5.04. The lowest BCUT2D eigenvalue weighted by molar-refractivity contribution is -0.143. The Hall–Kier alpha value is -2.30. The lowest BCUT2D eigenvalue weighted by Crippen LogP contribution is -2.34. The Morgan fingerprint density at radius 3 is 1.92 bits per heavy atom. The molecule has 0 spiro atoms. The zero-order valence-electron chi connectivity index (χ0n) is 12.4. The molecule has 1 atom stereocenters. The summed E-state index contributed by atoms with van der Waals surface area (Å²) in [6.07, 6.45) is -10.7. The fraction of sp³-hybridized carbons (Fsp3) is 0.429. The summed E-state index contributed by atoms with van der Waals surface area (Å²) < 4.78 is 80.7. The number of carboxylic acids is 1. The number of carbonyl (C=O) groups excluding carboxylic acids is 1. The molecule has 0 heterocycles. The molecule has 0 saturated heterocycles. The SMILES string of the molecule is N[C@@H](CCC(=O)O)C(=O)COc1cc(C(F)(F)F)cc(C(F)(F)F)c1. The van der Waals surface area contributed by atoms with Gasteiger partial charge in [-0.05, 0) is 24.6 Å². The molecule has 5 nitrogen and oxygen atoms in total. The highest BCUT2D eigenvalue weighted by atomic mass is 19.4. The van der Waals surface area contributed by atoms with Gasteiger partial charge < -0.3 is 15.6 Å². The third kappa shape index (κ3) is 6.61. The van der Waals surface area contributed by atoms with Crippen molar-refractivity contribution in [3.05, 3.63) is 29.3 Å². The number of hydrogen-bond acceptors (Lipinski definition) is 4. The smallest absolute Gasteiger partial charge is 0.416 e. The maximum atomic E-state index is 12.7. The zero-order chi connectivity index (χ0) is 19.4. The summed E-state index contributed by atoms with van der Waals surface area (Å²) in [6.45, 7) is -0.889. The second kappa shape index (κ2) is 7.72. The third-order valence-electron chi connectivity index (χ3n) is 3.03. The van der Waals surface area contributed by atoms with Crippen LogP contribution in [-0.2, 0) is 21.9 Å². The molecule has 11 heteroatoms. The molecule has 1 aromatic rings. The van der Waals surface area contributed by atoms with Gasteiger partial charge in [0, 0.05) is 6.42 Å². The van der Waals surface area contributed by atoms with Crippen molar-refractivity contribution in [2.75, 3.05) is 6.61 Å². The quantitative estimate of drug-likeness (QED) is 0.718. The summed E-state index contributed by atoms with van der Waals surface area (Å²) in [4.78, 5) is 22.0. The Labute approximate surface area is 137 Å². The molecule has 0 aliphatic heterocycles. The second-order valence-electron chi connectivity index (χ2n) is 5.04. The highest BCUT2D eigenvalue weighted by Crippen LogP contribution is 2.38. The average Bonchev–Trinajstić information content (AvgIpc) is 2.48. The van der Waals surface area contributed by atoms with Crippen molar-refractivity contribution in [1.29, 1.82) is 0 Å². The van der Waals surface area contributed by atoms with Gasteiger partial charge in [-0.1, -0.05) is 0 Å². The summed E-state index contributed by atoms with van der Waals surface area (Å²) in [5.41, 5.74) is 2.21. The van der Waals surface area contributed by atoms with Crippen molar-refractivity contribution in [3.63, 3.8) is 0 Å². The van der Waals surface area contributed by atoms with E-state index in [1.807, 2.05) is 0 Å². The van der Waals surface area contributed by atoms with Gasteiger partial charge >= 0.3 is 18.3 Å². The number of carboxylic acid groups (broad SMARTS) is 1. The van der Waals surface area contributed by atoms with Crippen LogP contribution >= 0.6 is 0 Å². The molecule has 0 unspecified atom stereocenters. The van der Waals surface area contributed by atoms with Gasteiger partial charge in [0.2, 0.25) is 0 Å². The number of carbonyl (C=O) groups is 2. The van der Waals surface area contributed by atoms with Crippen LogP contribution in [0.4, 0.5) is 26.3 Å². The molecular formula is C14H13F6NO4. The first-order valence-electron chi connectivity index (χ1n) is 6.73. The van der Waals surface area contributed by atoms with Gasteiger partial charge in [-0.3, -0.25) is 9.59 Å². The number of halogens is 6. The molecule has 1 aromatic carbocycles. The van der Waals surface area contributed by atoms with Gasteiger partial charge in [-0.25, -0.2) is 0 Å². The number of Topliss-reactive ketones (excluding diaryl/α,β-unsaturated/α-hetero) is 1. The molecule has 0 saturated carbocycles. The van der Waals surface area contributed by atoms with Crippen LogP contribution in [0.5, 0.6) is 5.75 Å². The highest BCUT2D eigenvalue weighted by molar-refractivity contribution is 5.85. The van der Waals surface area contributed by atoms with Crippen molar-refractivity contribution in [2.24, 2.45) is 5.73 Å². The largest absolute Gasteiger partial charge is 0.486 e. The van der Waals surface area contributed by atoms with E-state index in [2.05, 4.69) is 0 Å². The van der Waals surface area contributed by atoms with Crippen LogP contribution in [-0.4, -0.2) is 29.5 Å². The van der Waals surface area contributed by atoms with E-state index < -0.39 is 60.1 Å². The normalized spacial score (nSPS) is 13.4. The minimum absolute atomic E-state index is 0.0761. The number of alkyl halides is 6. The van der Waals surface area contributed by atoms with E-state index in [1.165, 1.54) is 0 Å². The van der Waals surface area contributed by atoms with E-state index in [-0.39, 0.29) is 12.5 Å². The molecule has 25 heavy (non-hydrogen) atoms. The first kappa shape index (κ1) is 20.7. The lowest BCUT2D eigenvalue weighted by atomic mass is 10.1. The number of benzene rings is 1. The second-order valence-corrected chi connectivity index (χ2v) is 5.04. The molecule has 0 aromatic heterocycles. The number of ether oxygens (including phenoxy) is 1. The Morgan fingerprint density at radius 2 is 1.52 bits per heavy atom. The van der Waals surface area contributed by atoms with Crippen LogP contribution in [0.15, 0.2) is 18.2 Å². The summed E-state index contributed by atoms with van der Waals surface area (Å²) in [7, 11) is 0. The predicted molar refractivity (Wildman–Crippen MR) is 71.8 cm³/mol. The fourth-order valence-electron chi connectivity index (χ4n) is 1.71. The van der Waals surface area contributed by atoms with Crippen LogP contribution in [0, 0.1) is 0 Å². The van der Waals surface area contributed by atoms with Crippen LogP contribution in [0.25, 0.3) is 0 Å². The molecular weight excluding hydrogens is 360 g/mol. The van der Waals surface area contributed by atoms with Crippen LogP contribution < -0.4 is 10.5 Å². The van der Waals surface area contributed by atoms with Crippen molar-refractivity contribution >= 4 is 11.8 Å². The van der Waals surface area contributed by atoms with Crippen LogP contribution in [0.1, 0.15) is 24.0 Å². The van der Waals surface area contributed by atoms with Gasteiger partial charge in [0.15, 0.2) is 5.78 Å². The minimum Gasteiger partial charge on any atom is -0.486 e. The van der Waals surface area contributed by atoms with Crippen LogP contribution in [0.2, 0.25) is 0 Å². The Kier molecular flexibility index (Phi) is 6.41.